The van der Waals surface area contributed by atoms with Crippen LogP contribution in [0.1, 0.15) is 58.8 Å². The van der Waals surface area contributed by atoms with Crippen LogP contribution in [0.3, 0.4) is 0 Å². The Morgan fingerprint density at radius 2 is 1.73 bits per heavy atom. The molecule has 0 aromatic heterocycles. The summed E-state index contributed by atoms with van der Waals surface area (Å²) in [4.78, 5) is 0. The zero-order valence-electron chi connectivity index (χ0n) is 10.5. The molecule has 0 heterocycles. The highest BCUT2D eigenvalue weighted by Gasteiger charge is 2.28. The maximum Gasteiger partial charge on any atom is 0.00683 e. The van der Waals surface area contributed by atoms with Gasteiger partial charge in [-0.15, -0.1) is 0 Å². The van der Waals surface area contributed by atoms with Gasteiger partial charge in [0.2, 0.25) is 0 Å². The minimum absolute atomic E-state index is 0.883. The van der Waals surface area contributed by atoms with E-state index in [-0.39, 0.29) is 0 Å². The normalized spacial score (nSPS) is 33.0. The summed E-state index contributed by atoms with van der Waals surface area (Å²) in [6.45, 7) is 6.13. The van der Waals surface area contributed by atoms with Crippen LogP contribution in [0.2, 0.25) is 0 Å². The molecule has 0 aromatic rings. The Kier molecular flexibility index (Phi) is 4.07. The Hall–Kier alpha value is -0.0400. The highest BCUT2D eigenvalue weighted by molar-refractivity contribution is 4.84. The molecule has 2 unspecified atom stereocenters. The summed E-state index contributed by atoms with van der Waals surface area (Å²) < 4.78 is 0. The van der Waals surface area contributed by atoms with Gasteiger partial charge >= 0.3 is 0 Å². The van der Waals surface area contributed by atoms with Gasteiger partial charge in [-0.25, -0.2) is 0 Å². The van der Waals surface area contributed by atoms with Gasteiger partial charge in [0.15, 0.2) is 0 Å². The molecule has 15 heavy (non-hydrogen) atoms. The molecule has 0 spiro atoms. The van der Waals surface area contributed by atoms with Crippen molar-refractivity contribution in [2.75, 3.05) is 6.54 Å². The fourth-order valence-corrected chi connectivity index (χ4v) is 3.15. The molecule has 2 rings (SSSR count). The van der Waals surface area contributed by atoms with Crippen molar-refractivity contribution in [3.05, 3.63) is 0 Å². The van der Waals surface area contributed by atoms with Crippen molar-refractivity contribution in [1.82, 2.24) is 5.32 Å². The lowest BCUT2D eigenvalue weighted by Gasteiger charge is -2.28. The third-order valence-electron chi connectivity index (χ3n) is 4.32. The molecule has 0 saturated heterocycles. The van der Waals surface area contributed by atoms with Crippen molar-refractivity contribution in [2.24, 2.45) is 17.8 Å². The van der Waals surface area contributed by atoms with E-state index in [9.17, 15) is 0 Å². The summed E-state index contributed by atoms with van der Waals surface area (Å²) in [5.74, 6) is 2.83. The van der Waals surface area contributed by atoms with Gasteiger partial charge in [0, 0.05) is 6.04 Å². The lowest BCUT2D eigenvalue weighted by molar-refractivity contribution is 0.231. The van der Waals surface area contributed by atoms with Crippen molar-refractivity contribution in [1.29, 1.82) is 0 Å². The van der Waals surface area contributed by atoms with Crippen LogP contribution < -0.4 is 5.32 Å². The molecule has 2 aliphatic carbocycles. The van der Waals surface area contributed by atoms with Gasteiger partial charge in [-0.1, -0.05) is 33.1 Å². The molecule has 0 aromatic carbocycles. The molecule has 0 bridgehead atoms. The minimum atomic E-state index is 0.883. The first-order chi connectivity index (χ1) is 7.27. The summed E-state index contributed by atoms with van der Waals surface area (Å²) in [6, 6.07) is 0.890. The van der Waals surface area contributed by atoms with Gasteiger partial charge in [0.1, 0.15) is 0 Å². The van der Waals surface area contributed by atoms with E-state index in [1.54, 1.807) is 0 Å². The molecule has 1 nitrogen and oxygen atoms in total. The average molecular weight is 209 g/mol. The van der Waals surface area contributed by atoms with E-state index in [2.05, 4.69) is 19.2 Å². The highest BCUT2D eigenvalue weighted by Crippen LogP contribution is 2.34. The van der Waals surface area contributed by atoms with Crippen molar-refractivity contribution in [3.8, 4) is 0 Å². The standard InChI is InChI=1S/C14H27N/c1-11(2)14-7-5-3-4-6-12(14)10-15-13-8-9-13/h11-15H,3-10H2,1-2H3. The first-order valence-electron chi connectivity index (χ1n) is 7.00. The van der Waals surface area contributed by atoms with Gasteiger partial charge in [-0.05, 0) is 50.0 Å². The van der Waals surface area contributed by atoms with Gasteiger partial charge in [0.05, 0.1) is 0 Å². The molecule has 2 saturated carbocycles. The Morgan fingerprint density at radius 1 is 1.00 bits per heavy atom. The van der Waals surface area contributed by atoms with Crippen LogP contribution in [0, 0.1) is 17.8 Å². The van der Waals surface area contributed by atoms with Gasteiger partial charge in [0.25, 0.3) is 0 Å². The molecule has 0 amide bonds. The zero-order valence-corrected chi connectivity index (χ0v) is 10.5. The second-order valence-electron chi connectivity index (χ2n) is 5.99. The Balaban J connectivity index is 1.83. The first kappa shape index (κ1) is 11.4. The van der Waals surface area contributed by atoms with Crippen LogP contribution in [0.5, 0.6) is 0 Å². The number of rotatable bonds is 4. The maximum absolute atomic E-state index is 3.74. The molecule has 88 valence electrons. The van der Waals surface area contributed by atoms with Crippen LogP contribution in [-0.2, 0) is 0 Å². The molecular weight excluding hydrogens is 182 g/mol. The fraction of sp³-hybridized carbons (Fsp3) is 1.00. The first-order valence-corrected chi connectivity index (χ1v) is 7.00. The van der Waals surface area contributed by atoms with E-state index in [0.29, 0.717) is 0 Å². The molecular formula is C14H27N. The highest BCUT2D eigenvalue weighted by atomic mass is 14.9. The van der Waals surface area contributed by atoms with Gasteiger partial charge in [-0.2, -0.15) is 0 Å². The summed E-state index contributed by atoms with van der Waals surface area (Å²) in [5, 5.41) is 3.74. The second kappa shape index (κ2) is 5.34. The van der Waals surface area contributed by atoms with Crippen LogP contribution in [0.25, 0.3) is 0 Å². The largest absolute Gasteiger partial charge is 0.314 e. The summed E-state index contributed by atoms with van der Waals surface area (Å²) in [6.07, 6.45) is 10.2. The molecule has 2 aliphatic rings. The van der Waals surface area contributed by atoms with E-state index in [4.69, 9.17) is 0 Å². The Bertz CT molecular complexity index is 184. The van der Waals surface area contributed by atoms with Gasteiger partial charge < -0.3 is 5.32 Å². The number of hydrogen-bond donors (Lipinski definition) is 1. The maximum atomic E-state index is 3.74. The lowest BCUT2D eigenvalue weighted by Crippen LogP contribution is -2.31. The third kappa shape index (κ3) is 3.48. The Morgan fingerprint density at radius 3 is 2.40 bits per heavy atom. The topological polar surface area (TPSA) is 12.0 Å². The van der Waals surface area contributed by atoms with Crippen molar-refractivity contribution in [3.63, 3.8) is 0 Å². The number of nitrogens with one attached hydrogen (secondary N) is 1. The SMILES string of the molecule is CC(C)C1CCCCCC1CNC1CC1. The molecule has 2 fully saturated rings. The van der Waals surface area contributed by atoms with E-state index >= 15 is 0 Å². The van der Waals surface area contributed by atoms with E-state index in [0.717, 1.165) is 23.8 Å². The fourth-order valence-electron chi connectivity index (χ4n) is 3.15. The summed E-state index contributed by atoms with van der Waals surface area (Å²) in [5.41, 5.74) is 0. The van der Waals surface area contributed by atoms with E-state index < -0.39 is 0 Å². The quantitative estimate of drug-likeness (QED) is 0.698. The van der Waals surface area contributed by atoms with E-state index in [1.165, 1.54) is 51.5 Å². The smallest absolute Gasteiger partial charge is 0.00683 e. The van der Waals surface area contributed by atoms with Crippen LogP contribution in [-0.4, -0.2) is 12.6 Å². The van der Waals surface area contributed by atoms with Crippen LogP contribution in [0.15, 0.2) is 0 Å². The van der Waals surface area contributed by atoms with E-state index in [1.807, 2.05) is 0 Å². The number of hydrogen-bond acceptors (Lipinski definition) is 1. The predicted octanol–water partition coefficient (Wildman–Crippen LogP) is 3.59. The Labute approximate surface area is 95.0 Å². The van der Waals surface area contributed by atoms with Crippen molar-refractivity contribution >= 4 is 0 Å². The van der Waals surface area contributed by atoms with Crippen LogP contribution in [0.4, 0.5) is 0 Å². The molecule has 1 N–H and O–H groups in total. The average Bonchev–Trinajstić information content (AvgIpc) is 3.02. The van der Waals surface area contributed by atoms with Crippen LogP contribution >= 0.6 is 0 Å². The molecule has 2 atom stereocenters. The molecule has 0 radical (unpaired) electrons. The predicted molar refractivity (Wildman–Crippen MR) is 65.9 cm³/mol. The summed E-state index contributed by atoms with van der Waals surface area (Å²) >= 11 is 0. The second-order valence-corrected chi connectivity index (χ2v) is 5.99. The minimum Gasteiger partial charge on any atom is -0.314 e. The molecule has 0 aliphatic heterocycles. The third-order valence-corrected chi connectivity index (χ3v) is 4.32. The zero-order chi connectivity index (χ0) is 10.7. The molecule has 1 heteroatoms. The van der Waals surface area contributed by atoms with Gasteiger partial charge in [-0.3, -0.25) is 0 Å². The lowest BCUT2D eigenvalue weighted by atomic mass is 9.80. The van der Waals surface area contributed by atoms with Crippen molar-refractivity contribution < 1.29 is 0 Å². The van der Waals surface area contributed by atoms with Crippen molar-refractivity contribution in [2.45, 2.75) is 64.8 Å². The summed E-state index contributed by atoms with van der Waals surface area (Å²) in [7, 11) is 0. The monoisotopic (exact) mass is 209 g/mol.